The number of aromatic nitrogens is 2. The van der Waals surface area contributed by atoms with Crippen molar-refractivity contribution in [3.8, 4) is 0 Å². The van der Waals surface area contributed by atoms with E-state index in [9.17, 15) is 5.11 Å². The van der Waals surface area contributed by atoms with Crippen molar-refractivity contribution in [2.24, 2.45) is 0 Å². The van der Waals surface area contributed by atoms with Crippen LogP contribution in [0.3, 0.4) is 0 Å². The number of ether oxygens (including phenoxy) is 1. The molecule has 1 unspecified atom stereocenters. The van der Waals surface area contributed by atoms with Gasteiger partial charge in [-0.05, 0) is 13.5 Å². The van der Waals surface area contributed by atoms with Gasteiger partial charge in [-0.15, -0.1) is 0 Å². The van der Waals surface area contributed by atoms with Gasteiger partial charge >= 0.3 is 0 Å². The highest BCUT2D eigenvalue weighted by Gasteiger charge is 2.11. The summed E-state index contributed by atoms with van der Waals surface area (Å²) in [5, 5.41) is 13.4. The molecule has 0 aliphatic carbocycles. The summed E-state index contributed by atoms with van der Waals surface area (Å²) in [5.74, 6) is 1.33. The maximum atomic E-state index is 9.56. The zero-order valence-corrected chi connectivity index (χ0v) is 10.7. The van der Waals surface area contributed by atoms with E-state index in [1.165, 1.54) is 0 Å². The lowest BCUT2D eigenvalue weighted by Crippen LogP contribution is -2.31. The molecule has 1 aromatic heterocycles. The standard InChI is InChI=1S/C11H21N3O3/c1-4-5-11-12-10(13-17-11)7-14(2)6-9(15)8-16-3/h9,15H,4-8H2,1-3H3. The van der Waals surface area contributed by atoms with Crippen LogP contribution in [0.15, 0.2) is 4.52 Å². The minimum atomic E-state index is -0.494. The van der Waals surface area contributed by atoms with E-state index in [0.717, 1.165) is 12.8 Å². The van der Waals surface area contributed by atoms with Gasteiger partial charge in [-0.3, -0.25) is 4.90 Å². The van der Waals surface area contributed by atoms with Crippen molar-refractivity contribution >= 4 is 0 Å². The van der Waals surface area contributed by atoms with Crippen molar-refractivity contribution < 1.29 is 14.4 Å². The van der Waals surface area contributed by atoms with Gasteiger partial charge in [0.15, 0.2) is 5.82 Å². The largest absolute Gasteiger partial charge is 0.389 e. The zero-order chi connectivity index (χ0) is 12.7. The molecule has 0 aliphatic rings. The molecule has 17 heavy (non-hydrogen) atoms. The molecule has 1 rings (SSSR count). The molecule has 6 nitrogen and oxygen atoms in total. The normalized spacial score (nSPS) is 13.2. The molecule has 0 spiro atoms. The second-order valence-corrected chi connectivity index (χ2v) is 4.16. The van der Waals surface area contributed by atoms with Crippen LogP contribution in [-0.2, 0) is 17.7 Å². The maximum Gasteiger partial charge on any atom is 0.226 e. The summed E-state index contributed by atoms with van der Waals surface area (Å²) in [7, 11) is 3.47. The van der Waals surface area contributed by atoms with Gasteiger partial charge in [0.1, 0.15) is 0 Å². The van der Waals surface area contributed by atoms with Crippen LogP contribution in [0.4, 0.5) is 0 Å². The first-order valence-electron chi connectivity index (χ1n) is 5.82. The Morgan fingerprint density at radius 1 is 1.53 bits per heavy atom. The lowest BCUT2D eigenvalue weighted by molar-refractivity contribution is 0.0413. The highest BCUT2D eigenvalue weighted by molar-refractivity contribution is 4.86. The number of aliphatic hydroxyl groups excluding tert-OH is 1. The van der Waals surface area contributed by atoms with Gasteiger partial charge in [0.2, 0.25) is 5.89 Å². The SMILES string of the molecule is CCCc1nc(CN(C)CC(O)COC)no1. The molecule has 0 radical (unpaired) electrons. The van der Waals surface area contributed by atoms with Gasteiger partial charge in [0.25, 0.3) is 0 Å². The van der Waals surface area contributed by atoms with Crippen molar-refractivity contribution in [3.05, 3.63) is 11.7 Å². The predicted octanol–water partition coefficient (Wildman–Crippen LogP) is 0.461. The average Bonchev–Trinajstić information content (AvgIpc) is 2.66. The van der Waals surface area contributed by atoms with Gasteiger partial charge in [0, 0.05) is 20.1 Å². The molecule has 1 aromatic rings. The number of likely N-dealkylation sites (N-methyl/N-ethyl adjacent to an activating group) is 1. The number of aryl methyl sites for hydroxylation is 1. The van der Waals surface area contributed by atoms with E-state index in [0.29, 0.717) is 31.4 Å². The minimum absolute atomic E-state index is 0.331. The number of hydrogen-bond acceptors (Lipinski definition) is 6. The van der Waals surface area contributed by atoms with Gasteiger partial charge in [-0.1, -0.05) is 12.1 Å². The van der Waals surface area contributed by atoms with Crippen LogP contribution in [0, 0.1) is 0 Å². The Hall–Kier alpha value is -0.980. The second-order valence-electron chi connectivity index (χ2n) is 4.16. The fourth-order valence-electron chi connectivity index (χ4n) is 1.58. The highest BCUT2D eigenvalue weighted by Crippen LogP contribution is 2.03. The van der Waals surface area contributed by atoms with Crippen LogP contribution in [0.2, 0.25) is 0 Å². The predicted molar refractivity (Wildman–Crippen MR) is 62.5 cm³/mol. The fraction of sp³-hybridized carbons (Fsp3) is 0.818. The smallest absolute Gasteiger partial charge is 0.226 e. The van der Waals surface area contributed by atoms with Crippen LogP contribution in [-0.4, -0.2) is 53.6 Å². The summed E-state index contributed by atoms with van der Waals surface area (Å²) in [6.07, 6.45) is 1.31. The van der Waals surface area contributed by atoms with Crippen LogP contribution >= 0.6 is 0 Å². The number of hydrogen-bond donors (Lipinski definition) is 1. The van der Waals surface area contributed by atoms with E-state index in [4.69, 9.17) is 9.26 Å². The van der Waals surface area contributed by atoms with Crippen molar-refractivity contribution in [2.45, 2.75) is 32.4 Å². The molecule has 0 bridgehead atoms. The van der Waals surface area contributed by atoms with E-state index < -0.39 is 6.10 Å². The third kappa shape index (κ3) is 5.25. The summed E-state index contributed by atoms with van der Waals surface area (Å²) in [4.78, 5) is 6.20. The van der Waals surface area contributed by atoms with Gasteiger partial charge in [0.05, 0.1) is 19.3 Å². The molecule has 6 heteroatoms. The lowest BCUT2D eigenvalue weighted by atomic mass is 10.3. The van der Waals surface area contributed by atoms with Crippen LogP contribution in [0.1, 0.15) is 25.1 Å². The van der Waals surface area contributed by atoms with Gasteiger partial charge in [-0.2, -0.15) is 4.98 Å². The third-order valence-corrected chi connectivity index (χ3v) is 2.27. The molecule has 1 atom stereocenters. The Labute approximate surface area is 102 Å². The van der Waals surface area contributed by atoms with E-state index in [1.54, 1.807) is 7.11 Å². The van der Waals surface area contributed by atoms with Crippen molar-refractivity contribution in [1.29, 1.82) is 0 Å². The summed E-state index contributed by atoms with van der Waals surface area (Å²) >= 11 is 0. The molecule has 1 heterocycles. The fourth-order valence-corrected chi connectivity index (χ4v) is 1.58. The van der Waals surface area contributed by atoms with E-state index in [1.807, 2.05) is 11.9 Å². The van der Waals surface area contributed by atoms with Crippen LogP contribution in [0.5, 0.6) is 0 Å². The second kappa shape index (κ2) is 7.37. The molecule has 1 N–H and O–H groups in total. The summed E-state index contributed by atoms with van der Waals surface area (Å²) in [6, 6.07) is 0. The zero-order valence-electron chi connectivity index (χ0n) is 10.7. The number of rotatable bonds is 8. The quantitative estimate of drug-likeness (QED) is 0.715. The van der Waals surface area contributed by atoms with E-state index in [2.05, 4.69) is 17.1 Å². The Bertz CT molecular complexity index is 317. The monoisotopic (exact) mass is 243 g/mol. The first kappa shape index (κ1) is 14.1. The molecule has 0 aromatic carbocycles. The van der Waals surface area contributed by atoms with Crippen LogP contribution in [0.25, 0.3) is 0 Å². The molecule has 0 fully saturated rings. The number of aliphatic hydroxyl groups is 1. The van der Waals surface area contributed by atoms with E-state index >= 15 is 0 Å². The molecule has 0 saturated heterocycles. The molecule has 0 aliphatic heterocycles. The summed E-state index contributed by atoms with van der Waals surface area (Å²) in [5.41, 5.74) is 0. The number of methoxy groups -OCH3 is 1. The number of nitrogens with zero attached hydrogens (tertiary/aromatic N) is 3. The summed E-state index contributed by atoms with van der Waals surface area (Å²) in [6.45, 7) is 3.48. The Balaban J connectivity index is 2.36. The van der Waals surface area contributed by atoms with Crippen LogP contribution < -0.4 is 0 Å². The molecular formula is C11H21N3O3. The Kier molecular flexibility index (Phi) is 6.10. The first-order valence-corrected chi connectivity index (χ1v) is 5.82. The lowest BCUT2D eigenvalue weighted by Gasteiger charge is -2.18. The first-order chi connectivity index (χ1) is 8.15. The van der Waals surface area contributed by atoms with Crippen molar-refractivity contribution in [1.82, 2.24) is 15.0 Å². The highest BCUT2D eigenvalue weighted by atomic mass is 16.5. The Morgan fingerprint density at radius 2 is 2.29 bits per heavy atom. The van der Waals surface area contributed by atoms with Crippen molar-refractivity contribution in [2.75, 3.05) is 27.3 Å². The average molecular weight is 243 g/mol. The topological polar surface area (TPSA) is 71.6 Å². The Morgan fingerprint density at radius 3 is 2.94 bits per heavy atom. The third-order valence-electron chi connectivity index (χ3n) is 2.27. The van der Waals surface area contributed by atoms with E-state index in [-0.39, 0.29) is 0 Å². The molecule has 98 valence electrons. The van der Waals surface area contributed by atoms with Gasteiger partial charge < -0.3 is 14.4 Å². The molecule has 0 amide bonds. The minimum Gasteiger partial charge on any atom is -0.389 e. The maximum absolute atomic E-state index is 9.56. The van der Waals surface area contributed by atoms with Crippen molar-refractivity contribution in [3.63, 3.8) is 0 Å². The molecular weight excluding hydrogens is 222 g/mol. The summed E-state index contributed by atoms with van der Waals surface area (Å²) < 4.78 is 9.95. The molecule has 0 saturated carbocycles. The van der Waals surface area contributed by atoms with Gasteiger partial charge in [-0.25, -0.2) is 0 Å².